The van der Waals surface area contributed by atoms with Crippen LogP contribution in [0.1, 0.15) is 62.0 Å². The highest BCUT2D eigenvalue weighted by Crippen LogP contribution is 2.42. The van der Waals surface area contributed by atoms with Crippen molar-refractivity contribution < 1.29 is 4.42 Å². The number of fused-ring (bicyclic) bond motifs is 6. The van der Waals surface area contributed by atoms with Gasteiger partial charge in [0.2, 0.25) is 0 Å². The molecule has 2 nitrogen and oxygen atoms in total. The zero-order chi connectivity index (χ0) is 34.6. The second-order valence-corrected chi connectivity index (χ2v) is 15.9. The molecule has 2 aromatic heterocycles. The molecule has 2 aliphatic rings. The Morgan fingerprint density at radius 3 is 2.00 bits per heavy atom. The molecule has 1 saturated carbocycles. The minimum atomic E-state index is 0.310. The second kappa shape index (κ2) is 13.0. The van der Waals surface area contributed by atoms with Crippen LogP contribution in [0.25, 0.3) is 54.4 Å². The van der Waals surface area contributed by atoms with E-state index in [-0.39, 0.29) is 0 Å². The highest BCUT2D eigenvalue weighted by molar-refractivity contribution is 7.25. The van der Waals surface area contributed by atoms with Crippen LogP contribution >= 0.6 is 11.3 Å². The monoisotopic (exact) mass is 691 g/mol. The summed E-state index contributed by atoms with van der Waals surface area (Å²) in [7, 11) is 0. The zero-order valence-corrected chi connectivity index (χ0v) is 30.3. The maximum absolute atomic E-state index is 6.15. The first-order valence-electron chi connectivity index (χ1n) is 18.9. The number of rotatable bonds is 6. The summed E-state index contributed by atoms with van der Waals surface area (Å²) in [4.78, 5) is 2.41. The van der Waals surface area contributed by atoms with E-state index in [0.717, 1.165) is 34.7 Å². The molecule has 0 bridgehead atoms. The lowest BCUT2D eigenvalue weighted by molar-refractivity contribution is 0.330. The molecule has 3 atom stereocenters. The minimum Gasteiger partial charge on any atom is -0.456 e. The fraction of sp³-hybridized carbons (Fsp3) is 0.184. The first-order valence-corrected chi connectivity index (χ1v) is 19.7. The predicted octanol–water partition coefficient (Wildman–Crippen LogP) is 13.0. The molecule has 8 aromatic rings. The molecule has 2 heterocycles. The van der Waals surface area contributed by atoms with Crippen molar-refractivity contribution in [3.63, 3.8) is 0 Å². The van der Waals surface area contributed by atoms with Gasteiger partial charge in [0.25, 0.3) is 0 Å². The average molecular weight is 692 g/mol. The van der Waals surface area contributed by atoms with Crippen molar-refractivity contribution in [1.82, 2.24) is 0 Å². The van der Waals surface area contributed by atoms with Gasteiger partial charge < -0.3 is 9.32 Å². The van der Waals surface area contributed by atoms with Crippen molar-refractivity contribution in [2.24, 2.45) is 5.92 Å². The Kier molecular flexibility index (Phi) is 7.83. The van der Waals surface area contributed by atoms with Crippen molar-refractivity contribution >= 4 is 71.7 Å². The number of thiophene rings is 1. The Labute approximate surface area is 309 Å². The topological polar surface area (TPSA) is 16.4 Å². The van der Waals surface area contributed by atoms with Gasteiger partial charge >= 0.3 is 0 Å². The van der Waals surface area contributed by atoms with Gasteiger partial charge in [-0.3, -0.25) is 0 Å². The summed E-state index contributed by atoms with van der Waals surface area (Å²) in [5, 5.41) is 5.08. The molecule has 254 valence electrons. The van der Waals surface area contributed by atoms with Crippen LogP contribution in [0.3, 0.4) is 0 Å². The third kappa shape index (κ3) is 5.56. The van der Waals surface area contributed by atoms with E-state index in [1.807, 2.05) is 17.4 Å². The molecule has 2 aliphatic carbocycles. The average Bonchev–Trinajstić information content (AvgIpc) is 3.77. The molecule has 3 heteroatoms. The van der Waals surface area contributed by atoms with Gasteiger partial charge in [0.1, 0.15) is 11.0 Å². The molecular weight excluding hydrogens is 651 g/mol. The van der Waals surface area contributed by atoms with Gasteiger partial charge in [-0.15, -0.1) is 11.3 Å². The van der Waals surface area contributed by atoms with E-state index in [0.29, 0.717) is 11.8 Å². The lowest BCUT2D eigenvalue weighted by Crippen LogP contribution is -2.24. The van der Waals surface area contributed by atoms with E-state index in [9.17, 15) is 0 Å². The summed E-state index contributed by atoms with van der Waals surface area (Å²) in [5.74, 6) is 1.71. The number of anilines is 3. The number of furan rings is 1. The van der Waals surface area contributed by atoms with E-state index in [1.165, 1.54) is 84.4 Å². The molecule has 10 rings (SSSR count). The molecule has 0 saturated heterocycles. The largest absolute Gasteiger partial charge is 0.456 e. The third-order valence-corrected chi connectivity index (χ3v) is 12.8. The summed E-state index contributed by atoms with van der Waals surface area (Å²) >= 11 is 1.87. The fourth-order valence-corrected chi connectivity index (χ4v) is 9.94. The van der Waals surface area contributed by atoms with Crippen LogP contribution in [0, 0.1) is 5.92 Å². The highest BCUT2D eigenvalue weighted by atomic mass is 32.1. The van der Waals surface area contributed by atoms with E-state index in [1.54, 1.807) is 0 Å². The fourth-order valence-electron chi connectivity index (χ4n) is 8.85. The number of hydrogen-bond acceptors (Lipinski definition) is 3. The second-order valence-electron chi connectivity index (χ2n) is 14.8. The normalized spacial score (nSPS) is 18.6. The highest BCUT2D eigenvalue weighted by Gasteiger charge is 2.23. The van der Waals surface area contributed by atoms with Gasteiger partial charge in [-0.1, -0.05) is 111 Å². The van der Waals surface area contributed by atoms with Crippen molar-refractivity contribution in [2.45, 2.75) is 50.9 Å². The van der Waals surface area contributed by atoms with Crippen molar-refractivity contribution in [2.75, 3.05) is 4.90 Å². The minimum absolute atomic E-state index is 0.310. The van der Waals surface area contributed by atoms with Crippen molar-refractivity contribution in [3.8, 4) is 11.1 Å². The molecule has 0 radical (unpaired) electrons. The summed E-state index contributed by atoms with van der Waals surface area (Å²) in [6.07, 6.45) is 10.9. The summed E-state index contributed by atoms with van der Waals surface area (Å²) in [6.45, 7) is 2.43. The molecule has 0 N–H and O–H groups in total. The first-order chi connectivity index (χ1) is 25.7. The van der Waals surface area contributed by atoms with E-state index < -0.39 is 0 Å². The summed E-state index contributed by atoms with van der Waals surface area (Å²) in [6, 6.07) is 51.8. The Balaban J connectivity index is 1.00. The van der Waals surface area contributed by atoms with Gasteiger partial charge in [-0.2, -0.15) is 0 Å². The van der Waals surface area contributed by atoms with E-state index in [4.69, 9.17) is 4.42 Å². The van der Waals surface area contributed by atoms with Crippen molar-refractivity contribution in [1.29, 1.82) is 0 Å². The van der Waals surface area contributed by atoms with Crippen LogP contribution in [0.5, 0.6) is 0 Å². The smallest absolute Gasteiger partial charge is 0.135 e. The molecule has 52 heavy (non-hydrogen) atoms. The van der Waals surface area contributed by atoms with Crippen LogP contribution in [0.4, 0.5) is 17.1 Å². The van der Waals surface area contributed by atoms with Gasteiger partial charge in [0.05, 0.1) is 0 Å². The third-order valence-electron chi connectivity index (χ3n) is 11.7. The predicted molar refractivity (Wildman–Crippen MR) is 222 cm³/mol. The van der Waals surface area contributed by atoms with Crippen molar-refractivity contribution in [3.05, 3.63) is 161 Å². The summed E-state index contributed by atoms with van der Waals surface area (Å²) < 4.78 is 8.83. The molecule has 3 unspecified atom stereocenters. The van der Waals surface area contributed by atoms with Crippen LogP contribution in [0.15, 0.2) is 144 Å². The Morgan fingerprint density at radius 1 is 0.596 bits per heavy atom. The Morgan fingerprint density at radius 2 is 1.23 bits per heavy atom. The van der Waals surface area contributed by atoms with E-state index >= 15 is 0 Å². The quantitative estimate of drug-likeness (QED) is 0.173. The van der Waals surface area contributed by atoms with Gasteiger partial charge in [0, 0.05) is 53.8 Å². The number of hydrogen-bond donors (Lipinski definition) is 0. The molecule has 1 fully saturated rings. The standard InChI is InChI=1S/C49H41NOS/c1-32-8-2-3-9-41(32)35-18-26-40(27-19-35)50(38-22-14-33(15-23-38)36-20-28-47-44(30-36)42-10-4-6-12-46(42)51-47)39-24-16-34(17-25-39)37-21-29-49-45(31-37)43-11-5-7-13-48(43)52-49/h4-7,10-19,21-32,36,41H,2-3,8-9,20H2,1H3. The van der Waals surface area contributed by atoms with Crippen LogP contribution in [0.2, 0.25) is 0 Å². The Bertz CT molecular complexity index is 2680. The zero-order valence-electron chi connectivity index (χ0n) is 29.5. The molecule has 0 amide bonds. The lowest BCUT2D eigenvalue weighted by atomic mass is 9.76. The maximum Gasteiger partial charge on any atom is 0.135 e. The van der Waals surface area contributed by atoms with Crippen LogP contribution in [-0.4, -0.2) is 0 Å². The summed E-state index contributed by atoms with van der Waals surface area (Å²) in [5.41, 5.74) is 10.7. The number of nitrogens with zero attached hydrogens (tertiary/aromatic N) is 1. The molecule has 0 spiro atoms. The molecule has 6 aromatic carbocycles. The lowest BCUT2D eigenvalue weighted by Gasteiger charge is -2.30. The van der Waals surface area contributed by atoms with E-state index in [2.05, 4.69) is 157 Å². The number of benzene rings is 6. The van der Waals surface area contributed by atoms with Gasteiger partial charge in [0.15, 0.2) is 0 Å². The SMILES string of the molecule is CC1CCCCC1c1ccc(N(c2ccc(-c3ccc4sc5ccccc5c4c3)cc2)c2ccc(C3C=c4c(oc5ccccc45)=CC3)cc2)cc1. The van der Waals surface area contributed by atoms with Gasteiger partial charge in [-0.25, -0.2) is 0 Å². The molecular formula is C49H41NOS. The first kappa shape index (κ1) is 31.4. The molecule has 0 aliphatic heterocycles. The number of para-hydroxylation sites is 1. The van der Waals surface area contributed by atoms with Crippen LogP contribution < -0.4 is 15.5 Å². The Hall–Kier alpha value is -5.38. The maximum atomic E-state index is 6.15. The van der Waals surface area contributed by atoms with Gasteiger partial charge in [-0.05, 0) is 114 Å². The van der Waals surface area contributed by atoms with Crippen LogP contribution in [-0.2, 0) is 0 Å².